The summed E-state index contributed by atoms with van der Waals surface area (Å²) in [5.74, 6) is 0.375. The Labute approximate surface area is 68.6 Å². The van der Waals surface area contributed by atoms with E-state index < -0.39 is 0 Å². The van der Waals surface area contributed by atoms with Crippen molar-refractivity contribution in [1.82, 2.24) is 4.90 Å². The smallest absolute Gasteiger partial charge is 0.225 e. The summed E-state index contributed by atoms with van der Waals surface area (Å²) in [7, 11) is 0. The number of amides is 1. The van der Waals surface area contributed by atoms with E-state index in [1.807, 2.05) is 18.7 Å². The molecule has 1 fully saturated rings. The molecular formula is C9H16NO. The molecule has 1 aliphatic rings. The molecule has 2 nitrogen and oxygen atoms in total. The maximum atomic E-state index is 11.4. The zero-order chi connectivity index (χ0) is 8.43. The first-order valence-electron chi connectivity index (χ1n) is 4.26. The molecule has 0 aliphatic carbocycles. The van der Waals surface area contributed by atoms with E-state index >= 15 is 0 Å². The van der Waals surface area contributed by atoms with E-state index in [-0.39, 0.29) is 17.9 Å². The molecule has 63 valence electrons. The third kappa shape index (κ3) is 1.73. The van der Waals surface area contributed by atoms with Gasteiger partial charge >= 0.3 is 0 Å². The standard InChI is InChI=1S/C9H16NO/c1-7(2)9(11)10-6-4-5-8(10)3/h7-8H,3-6H2,1-2H3. The van der Waals surface area contributed by atoms with Gasteiger partial charge in [0.05, 0.1) is 0 Å². The monoisotopic (exact) mass is 154 g/mol. The summed E-state index contributed by atoms with van der Waals surface area (Å²) in [6.45, 7) is 8.71. The average Bonchev–Trinajstić information content (AvgIpc) is 2.33. The molecule has 0 aromatic carbocycles. The van der Waals surface area contributed by atoms with Gasteiger partial charge in [-0.05, 0) is 19.8 Å². The van der Waals surface area contributed by atoms with Gasteiger partial charge in [0.25, 0.3) is 0 Å². The fourth-order valence-corrected chi connectivity index (χ4v) is 1.46. The third-order valence-corrected chi connectivity index (χ3v) is 2.15. The highest BCUT2D eigenvalue weighted by molar-refractivity contribution is 5.78. The summed E-state index contributed by atoms with van der Waals surface area (Å²) < 4.78 is 0. The number of nitrogens with zero attached hydrogens (tertiary/aromatic N) is 1. The Bertz CT molecular complexity index is 154. The predicted octanol–water partition coefficient (Wildman–Crippen LogP) is 1.47. The zero-order valence-electron chi connectivity index (χ0n) is 7.34. The van der Waals surface area contributed by atoms with E-state index in [9.17, 15) is 4.79 Å². The highest BCUT2D eigenvalue weighted by atomic mass is 16.2. The van der Waals surface area contributed by atoms with Crippen LogP contribution in [-0.4, -0.2) is 23.4 Å². The molecule has 1 rings (SSSR count). The molecular weight excluding hydrogens is 138 g/mol. The van der Waals surface area contributed by atoms with E-state index in [2.05, 4.69) is 6.92 Å². The molecule has 0 N–H and O–H groups in total. The molecule has 0 saturated carbocycles. The Kier molecular flexibility index (Phi) is 2.53. The number of carbonyl (C=O) groups is 1. The normalized spacial score (nSPS) is 24.7. The van der Waals surface area contributed by atoms with E-state index in [1.165, 1.54) is 0 Å². The number of likely N-dealkylation sites (tertiary alicyclic amines) is 1. The second-order valence-electron chi connectivity index (χ2n) is 3.48. The first kappa shape index (κ1) is 8.57. The minimum absolute atomic E-state index is 0.123. The average molecular weight is 154 g/mol. The molecule has 2 heteroatoms. The molecule has 1 saturated heterocycles. The van der Waals surface area contributed by atoms with E-state index in [0.29, 0.717) is 0 Å². The lowest BCUT2D eigenvalue weighted by Crippen LogP contribution is -2.36. The molecule has 0 bridgehead atoms. The second kappa shape index (κ2) is 3.24. The van der Waals surface area contributed by atoms with Crippen LogP contribution in [-0.2, 0) is 4.79 Å². The van der Waals surface area contributed by atoms with E-state index in [1.54, 1.807) is 0 Å². The molecule has 11 heavy (non-hydrogen) atoms. The van der Waals surface area contributed by atoms with Crippen molar-refractivity contribution in [2.45, 2.75) is 32.7 Å². The summed E-state index contributed by atoms with van der Waals surface area (Å²) in [4.78, 5) is 13.3. The van der Waals surface area contributed by atoms with Gasteiger partial charge in [-0.1, -0.05) is 13.8 Å². The van der Waals surface area contributed by atoms with Gasteiger partial charge in [0.2, 0.25) is 5.91 Å². The van der Waals surface area contributed by atoms with Crippen molar-refractivity contribution < 1.29 is 4.79 Å². The van der Waals surface area contributed by atoms with Crippen molar-refractivity contribution in [2.24, 2.45) is 5.92 Å². The quantitative estimate of drug-likeness (QED) is 0.560. The highest BCUT2D eigenvalue weighted by Crippen LogP contribution is 2.18. The summed E-state index contributed by atoms with van der Waals surface area (Å²) in [6, 6.07) is 0.227. The van der Waals surface area contributed by atoms with Crippen molar-refractivity contribution >= 4 is 5.91 Å². The van der Waals surface area contributed by atoms with Gasteiger partial charge in [0, 0.05) is 18.5 Å². The first-order valence-corrected chi connectivity index (χ1v) is 4.26. The van der Waals surface area contributed by atoms with Crippen LogP contribution < -0.4 is 0 Å². The summed E-state index contributed by atoms with van der Waals surface area (Å²) >= 11 is 0. The Morgan fingerprint density at radius 1 is 1.64 bits per heavy atom. The molecule has 1 atom stereocenters. The largest absolute Gasteiger partial charge is 0.339 e. The molecule has 1 amide bonds. The lowest BCUT2D eigenvalue weighted by atomic mass is 10.2. The molecule has 0 spiro atoms. The van der Waals surface area contributed by atoms with Crippen LogP contribution in [0.25, 0.3) is 0 Å². The molecule has 1 aliphatic heterocycles. The van der Waals surface area contributed by atoms with Gasteiger partial charge in [-0.3, -0.25) is 4.79 Å². The lowest BCUT2D eigenvalue weighted by Gasteiger charge is -2.23. The Balaban J connectivity index is 2.53. The van der Waals surface area contributed by atoms with Gasteiger partial charge < -0.3 is 4.90 Å². The van der Waals surface area contributed by atoms with Crippen molar-refractivity contribution in [1.29, 1.82) is 0 Å². The van der Waals surface area contributed by atoms with Crippen molar-refractivity contribution in [3.8, 4) is 0 Å². The number of hydrogen-bond donors (Lipinski definition) is 0. The van der Waals surface area contributed by atoms with Gasteiger partial charge in [0.15, 0.2) is 0 Å². The topological polar surface area (TPSA) is 20.3 Å². The maximum absolute atomic E-state index is 11.4. The van der Waals surface area contributed by atoms with Crippen LogP contribution in [0.15, 0.2) is 0 Å². The van der Waals surface area contributed by atoms with E-state index in [4.69, 9.17) is 0 Å². The zero-order valence-corrected chi connectivity index (χ0v) is 7.34. The number of hydrogen-bond acceptors (Lipinski definition) is 1. The summed E-state index contributed by atoms with van der Waals surface area (Å²) in [6.07, 6.45) is 2.19. The predicted molar refractivity (Wildman–Crippen MR) is 44.9 cm³/mol. The van der Waals surface area contributed by atoms with Crippen LogP contribution in [0.2, 0.25) is 0 Å². The molecule has 1 unspecified atom stereocenters. The van der Waals surface area contributed by atoms with Crippen LogP contribution in [0.5, 0.6) is 0 Å². The highest BCUT2D eigenvalue weighted by Gasteiger charge is 2.26. The minimum Gasteiger partial charge on any atom is -0.339 e. The Morgan fingerprint density at radius 3 is 2.64 bits per heavy atom. The van der Waals surface area contributed by atoms with Gasteiger partial charge in [0.1, 0.15) is 0 Å². The maximum Gasteiger partial charge on any atom is 0.225 e. The van der Waals surface area contributed by atoms with Gasteiger partial charge in [-0.15, -0.1) is 0 Å². The first-order chi connectivity index (χ1) is 5.13. The van der Waals surface area contributed by atoms with Crippen molar-refractivity contribution in [3.63, 3.8) is 0 Å². The fourth-order valence-electron chi connectivity index (χ4n) is 1.46. The van der Waals surface area contributed by atoms with Crippen LogP contribution in [0.4, 0.5) is 0 Å². The van der Waals surface area contributed by atoms with Crippen LogP contribution in [0.3, 0.4) is 0 Å². The third-order valence-electron chi connectivity index (χ3n) is 2.15. The van der Waals surface area contributed by atoms with Crippen LogP contribution >= 0.6 is 0 Å². The van der Waals surface area contributed by atoms with E-state index in [0.717, 1.165) is 19.4 Å². The number of rotatable bonds is 1. The van der Waals surface area contributed by atoms with Crippen LogP contribution in [0, 0.1) is 12.8 Å². The Hall–Kier alpha value is -0.530. The fraction of sp³-hybridized carbons (Fsp3) is 0.778. The number of carbonyl (C=O) groups excluding carboxylic acids is 1. The van der Waals surface area contributed by atoms with Crippen LogP contribution in [0.1, 0.15) is 26.7 Å². The molecule has 0 aromatic rings. The second-order valence-corrected chi connectivity index (χ2v) is 3.48. The van der Waals surface area contributed by atoms with Gasteiger partial charge in [-0.2, -0.15) is 0 Å². The molecule has 1 radical (unpaired) electrons. The Morgan fingerprint density at radius 2 is 2.27 bits per heavy atom. The summed E-state index contributed by atoms with van der Waals surface area (Å²) in [5.41, 5.74) is 0. The summed E-state index contributed by atoms with van der Waals surface area (Å²) in [5, 5.41) is 0. The van der Waals surface area contributed by atoms with Crippen molar-refractivity contribution in [2.75, 3.05) is 6.54 Å². The van der Waals surface area contributed by atoms with Crippen molar-refractivity contribution in [3.05, 3.63) is 6.92 Å². The SMILES string of the molecule is [CH2]C1CCCN1C(=O)C(C)C. The molecule has 1 heterocycles. The molecule has 0 aromatic heterocycles. The minimum atomic E-state index is 0.123. The van der Waals surface area contributed by atoms with Gasteiger partial charge in [-0.25, -0.2) is 0 Å². The lowest BCUT2D eigenvalue weighted by molar-refractivity contribution is -0.134.